The molecule has 7 nitrogen and oxygen atoms in total. The van der Waals surface area contributed by atoms with Crippen LogP contribution >= 0.6 is 0 Å². The molecular formula is C18H24N2O5. The van der Waals surface area contributed by atoms with Crippen LogP contribution < -0.4 is 11.1 Å². The Hall–Kier alpha value is -2.83. The van der Waals surface area contributed by atoms with Crippen LogP contribution in [0.15, 0.2) is 42.5 Å². The van der Waals surface area contributed by atoms with Crippen LogP contribution in [0.1, 0.15) is 32.8 Å². The Morgan fingerprint density at radius 1 is 1.20 bits per heavy atom. The van der Waals surface area contributed by atoms with Gasteiger partial charge in [-0.2, -0.15) is 0 Å². The first kappa shape index (κ1) is 20.2. The molecular weight excluding hydrogens is 324 g/mol. The fourth-order valence-electron chi connectivity index (χ4n) is 1.81. The summed E-state index contributed by atoms with van der Waals surface area (Å²) in [4.78, 5) is 34.9. The minimum atomic E-state index is -0.988. The van der Waals surface area contributed by atoms with Gasteiger partial charge in [0.1, 0.15) is 18.2 Å². The summed E-state index contributed by atoms with van der Waals surface area (Å²) in [6.07, 6.45) is 1.81. The lowest BCUT2D eigenvalue weighted by Gasteiger charge is -2.23. The largest absolute Gasteiger partial charge is 0.458 e. The van der Waals surface area contributed by atoms with Crippen LogP contribution in [0.5, 0.6) is 0 Å². The summed E-state index contributed by atoms with van der Waals surface area (Å²) in [5.41, 5.74) is 5.13. The third-order valence-electron chi connectivity index (χ3n) is 2.85. The molecule has 0 radical (unpaired) electrons. The van der Waals surface area contributed by atoms with Gasteiger partial charge < -0.3 is 20.5 Å². The number of amides is 2. The van der Waals surface area contributed by atoms with E-state index >= 15 is 0 Å². The highest BCUT2D eigenvalue weighted by Crippen LogP contribution is 2.10. The fraction of sp³-hybridized carbons (Fsp3) is 0.389. The van der Waals surface area contributed by atoms with E-state index in [1.54, 1.807) is 20.8 Å². The molecule has 0 saturated carbocycles. The number of esters is 1. The number of rotatable bonds is 7. The van der Waals surface area contributed by atoms with Crippen molar-refractivity contribution in [3.63, 3.8) is 0 Å². The number of nitrogens with two attached hydrogens (primary N) is 1. The van der Waals surface area contributed by atoms with E-state index in [-0.39, 0.29) is 13.0 Å². The third-order valence-corrected chi connectivity index (χ3v) is 2.85. The number of benzene rings is 1. The molecule has 136 valence electrons. The van der Waals surface area contributed by atoms with Crippen molar-refractivity contribution < 1.29 is 23.9 Å². The van der Waals surface area contributed by atoms with E-state index in [0.717, 1.165) is 11.6 Å². The molecule has 25 heavy (non-hydrogen) atoms. The molecule has 0 bridgehead atoms. The number of hydrogen-bond donors (Lipinski definition) is 2. The lowest BCUT2D eigenvalue weighted by atomic mass is 10.1. The third kappa shape index (κ3) is 9.14. The van der Waals surface area contributed by atoms with Crippen LogP contribution in [-0.4, -0.2) is 29.6 Å². The highest BCUT2D eigenvalue weighted by atomic mass is 16.6. The molecule has 2 amide bonds. The van der Waals surface area contributed by atoms with Gasteiger partial charge in [-0.25, -0.2) is 9.59 Å². The Labute approximate surface area is 147 Å². The topological polar surface area (TPSA) is 108 Å². The molecule has 1 rings (SSSR count). The molecule has 0 saturated heterocycles. The molecule has 0 aliphatic rings. The van der Waals surface area contributed by atoms with Gasteiger partial charge in [-0.05, 0) is 38.8 Å². The summed E-state index contributed by atoms with van der Waals surface area (Å²) in [6.45, 7) is 5.23. The molecule has 0 aliphatic carbocycles. The van der Waals surface area contributed by atoms with E-state index in [4.69, 9.17) is 15.2 Å². The maximum absolute atomic E-state index is 12.2. The Bertz CT molecular complexity index is 620. The normalized spacial score (nSPS) is 12.4. The number of carbonyl (C=O) groups excluding carboxylic acids is 3. The fourth-order valence-corrected chi connectivity index (χ4v) is 1.81. The van der Waals surface area contributed by atoms with E-state index in [9.17, 15) is 14.4 Å². The van der Waals surface area contributed by atoms with Gasteiger partial charge >= 0.3 is 12.1 Å². The second-order valence-corrected chi connectivity index (χ2v) is 6.33. The van der Waals surface area contributed by atoms with Crippen LogP contribution in [0.4, 0.5) is 4.79 Å². The van der Waals surface area contributed by atoms with Crippen molar-refractivity contribution in [1.29, 1.82) is 0 Å². The zero-order valence-corrected chi connectivity index (χ0v) is 14.7. The van der Waals surface area contributed by atoms with E-state index in [1.807, 2.05) is 30.3 Å². The summed E-state index contributed by atoms with van der Waals surface area (Å²) < 4.78 is 10.4. The molecule has 7 heteroatoms. The van der Waals surface area contributed by atoms with Crippen molar-refractivity contribution in [3.8, 4) is 0 Å². The van der Waals surface area contributed by atoms with Crippen LogP contribution in [0.3, 0.4) is 0 Å². The molecule has 0 aromatic heterocycles. The molecule has 0 fully saturated rings. The second-order valence-electron chi connectivity index (χ2n) is 6.33. The van der Waals surface area contributed by atoms with Crippen molar-refractivity contribution in [1.82, 2.24) is 5.32 Å². The predicted octanol–water partition coefficient (Wildman–Crippen LogP) is 2.05. The van der Waals surface area contributed by atoms with Crippen LogP contribution in [-0.2, 0) is 25.7 Å². The monoisotopic (exact) mass is 348 g/mol. The quantitative estimate of drug-likeness (QED) is 0.579. The summed E-state index contributed by atoms with van der Waals surface area (Å²) >= 11 is 0. The van der Waals surface area contributed by atoms with E-state index in [1.165, 1.54) is 6.08 Å². The first-order valence-electron chi connectivity index (χ1n) is 7.83. The minimum absolute atomic E-state index is 0.0539. The average Bonchev–Trinajstić information content (AvgIpc) is 2.51. The molecule has 1 atom stereocenters. The van der Waals surface area contributed by atoms with E-state index < -0.39 is 29.6 Å². The number of primary amides is 1. The van der Waals surface area contributed by atoms with Gasteiger partial charge in [0.05, 0.1) is 0 Å². The summed E-state index contributed by atoms with van der Waals surface area (Å²) in [7, 11) is 0. The van der Waals surface area contributed by atoms with Crippen molar-refractivity contribution in [2.45, 2.75) is 45.4 Å². The zero-order valence-electron chi connectivity index (χ0n) is 14.7. The number of carbonyl (C=O) groups is 3. The zero-order chi connectivity index (χ0) is 18.9. The Morgan fingerprint density at radius 2 is 1.84 bits per heavy atom. The lowest BCUT2D eigenvalue weighted by Crippen LogP contribution is -2.44. The highest BCUT2D eigenvalue weighted by molar-refractivity contribution is 5.86. The molecule has 0 aliphatic heterocycles. The molecule has 0 spiro atoms. The Kier molecular flexibility index (Phi) is 7.65. The average molecular weight is 348 g/mol. The van der Waals surface area contributed by atoms with Crippen LogP contribution in [0.2, 0.25) is 0 Å². The van der Waals surface area contributed by atoms with Gasteiger partial charge in [0.2, 0.25) is 5.91 Å². The van der Waals surface area contributed by atoms with Gasteiger partial charge in [-0.1, -0.05) is 36.4 Å². The van der Waals surface area contributed by atoms with Crippen LogP contribution in [0, 0.1) is 0 Å². The SMILES string of the molecule is CC(C)(C)OC(=O)[C@H](C/C=C/C(N)=O)NC(=O)OCc1ccccc1. The molecule has 1 aromatic rings. The molecule has 3 N–H and O–H groups in total. The first-order valence-corrected chi connectivity index (χ1v) is 7.83. The highest BCUT2D eigenvalue weighted by Gasteiger charge is 2.26. The molecule has 0 unspecified atom stereocenters. The number of ether oxygens (including phenoxy) is 2. The summed E-state index contributed by atoms with van der Waals surface area (Å²) in [5.74, 6) is -1.27. The Morgan fingerprint density at radius 3 is 2.40 bits per heavy atom. The molecule has 0 heterocycles. The maximum atomic E-state index is 12.2. The lowest BCUT2D eigenvalue weighted by molar-refractivity contribution is -0.157. The smallest absolute Gasteiger partial charge is 0.408 e. The van der Waals surface area contributed by atoms with Gasteiger partial charge in [-0.3, -0.25) is 4.79 Å². The van der Waals surface area contributed by atoms with E-state index in [0.29, 0.717) is 0 Å². The van der Waals surface area contributed by atoms with Crippen LogP contribution in [0.25, 0.3) is 0 Å². The van der Waals surface area contributed by atoms with E-state index in [2.05, 4.69) is 5.32 Å². The van der Waals surface area contributed by atoms with Gasteiger partial charge in [0.15, 0.2) is 0 Å². The minimum Gasteiger partial charge on any atom is -0.458 e. The van der Waals surface area contributed by atoms with Gasteiger partial charge in [-0.15, -0.1) is 0 Å². The van der Waals surface area contributed by atoms with Crippen molar-refractivity contribution >= 4 is 18.0 Å². The van der Waals surface area contributed by atoms with Gasteiger partial charge in [0, 0.05) is 0 Å². The number of hydrogen-bond acceptors (Lipinski definition) is 5. The van der Waals surface area contributed by atoms with Crippen molar-refractivity contribution in [3.05, 3.63) is 48.0 Å². The summed E-state index contributed by atoms with van der Waals surface area (Å²) in [5, 5.41) is 2.44. The Balaban J connectivity index is 2.65. The second kappa shape index (κ2) is 9.46. The summed E-state index contributed by atoms with van der Waals surface area (Å²) in [6, 6.07) is 8.15. The first-order chi connectivity index (χ1) is 11.7. The van der Waals surface area contributed by atoms with Gasteiger partial charge in [0.25, 0.3) is 0 Å². The van der Waals surface area contributed by atoms with Crippen molar-refractivity contribution in [2.24, 2.45) is 5.73 Å². The van der Waals surface area contributed by atoms with Crippen molar-refractivity contribution in [2.75, 3.05) is 0 Å². The number of alkyl carbamates (subject to hydrolysis) is 1. The predicted molar refractivity (Wildman–Crippen MR) is 92.3 cm³/mol. The maximum Gasteiger partial charge on any atom is 0.408 e. The number of nitrogens with one attached hydrogen (secondary N) is 1. The standard InChI is InChI=1S/C18H24N2O5/c1-18(2,3)25-16(22)14(10-7-11-15(19)21)20-17(23)24-12-13-8-5-4-6-9-13/h4-9,11,14H,10,12H2,1-3H3,(H2,19,21)(H,20,23)/b11-7+/t14-/m0/s1. The molecule has 1 aromatic carbocycles.